The van der Waals surface area contributed by atoms with Gasteiger partial charge in [0.1, 0.15) is 5.75 Å². The molecule has 0 heterocycles. The maximum absolute atomic E-state index is 11.8. The van der Waals surface area contributed by atoms with Crippen LogP contribution in [0, 0.1) is 0 Å². The fraction of sp³-hybridized carbons (Fsp3) is 0.143. The number of rotatable bonds is 1. The van der Waals surface area contributed by atoms with Gasteiger partial charge in [0.25, 0.3) is 0 Å². The van der Waals surface area contributed by atoms with Crippen LogP contribution in [-0.2, 0) is 0 Å². The van der Waals surface area contributed by atoms with Crippen LogP contribution < -0.4 is 16.2 Å². The summed E-state index contributed by atoms with van der Waals surface area (Å²) >= 11 is 3.01. The van der Waals surface area contributed by atoms with Gasteiger partial charge in [0.2, 0.25) is 0 Å². The standard InChI is InChI=1S/C7H6BrF3N2O/c8-6-4(12)1-3(2-5(6)13)14-7(9,10)11/h1-2H,12-13H2. The van der Waals surface area contributed by atoms with Gasteiger partial charge in [-0.2, -0.15) is 0 Å². The zero-order chi connectivity index (χ0) is 10.9. The Labute approximate surface area is 86.0 Å². The lowest BCUT2D eigenvalue weighted by molar-refractivity contribution is -0.274. The molecule has 0 fully saturated rings. The molecule has 78 valence electrons. The van der Waals surface area contributed by atoms with Crippen LogP contribution in [0.3, 0.4) is 0 Å². The van der Waals surface area contributed by atoms with Gasteiger partial charge >= 0.3 is 6.36 Å². The van der Waals surface area contributed by atoms with Gasteiger partial charge in [-0.3, -0.25) is 0 Å². The summed E-state index contributed by atoms with van der Waals surface area (Å²) in [7, 11) is 0. The van der Waals surface area contributed by atoms with Gasteiger partial charge in [-0.05, 0) is 15.9 Å². The number of ether oxygens (including phenoxy) is 1. The molecule has 0 aliphatic heterocycles. The van der Waals surface area contributed by atoms with Crippen LogP contribution in [0.15, 0.2) is 16.6 Å². The molecule has 0 radical (unpaired) electrons. The summed E-state index contributed by atoms with van der Waals surface area (Å²) in [6, 6.07) is 2.07. The highest BCUT2D eigenvalue weighted by Crippen LogP contribution is 2.33. The van der Waals surface area contributed by atoms with E-state index >= 15 is 0 Å². The van der Waals surface area contributed by atoms with Crippen LogP contribution in [0.2, 0.25) is 0 Å². The number of benzene rings is 1. The fourth-order valence-electron chi connectivity index (χ4n) is 0.834. The first-order valence-corrected chi connectivity index (χ1v) is 4.19. The van der Waals surface area contributed by atoms with E-state index in [1.807, 2.05) is 0 Å². The maximum atomic E-state index is 11.8. The predicted octanol–water partition coefficient (Wildman–Crippen LogP) is 2.51. The first kappa shape index (κ1) is 11.0. The van der Waals surface area contributed by atoms with Crippen molar-refractivity contribution < 1.29 is 17.9 Å². The predicted molar refractivity (Wildman–Crippen MR) is 49.6 cm³/mol. The van der Waals surface area contributed by atoms with Crippen LogP contribution in [-0.4, -0.2) is 6.36 Å². The summed E-state index contributed by atoms with van der Waals surface area (Å²) in [6.45, 7) is 0. The van der Waals surface area contributed by atoms with Crippen molar-refractivity contribution in [2.75, 3.05) is 11.5 Å². The largest absolute Gasteiger partial charge is 0.573 e. The first-order chi connectivity index (χ1) is 6.29. The summed E-state index contributed by atoms with van der Waals surface area (Å²) < 4.78 is 39.4. The molecule has 3 nitrogen and oxygen atoms in total. The molecule has 0 aromatic heterocycles. The number of hydrogen-bond donors (Lipinski definition) is 2. The molecule has 0 aliphatic rings. The maximum Gasteiger partial charge on any atom is 0.573 e. The molecule has 0 saturated carbocycles. The zero-order valence-electron chi connectivity index (χ0n) is 6.73. The van der Waals surface area contributed by atoms with E-state index in [0.717, 1.165) is 12.1 Å². The van der Waals surface area contributed by atoms with Gasteiger partial charge < -0.3 is 16.2 Å². The smallest absolute Gasteiger partial charge is 0.406 e. The van der Waals surface area contributed by atoms with Crippen LogP contribution in [0.25, 0.3) is 0 Å². The molecule has 1 aromatic carbocycles. The molecule has 0 spiro atoms. The summed E-state index contributed by atoms with van der Waals surface area (Å²) in [5.74, 6) is -0.435. The van der Waals surface area contributed by atoms with Crippen LogP contribution in [0.1, 0.15) is 0 Å². The topological polar surface area (TPSA) is 61.3 Å². The minimum absolute atomic E-state index is 0.0873. The molecule has 4 N–H and O–H groups in total. The number of nitrogen functional groups attached to an aromatic ring is 2. The second kappa shape index (κ2) is 3.56. The second-order valence-corrected chi connectivity index (χ2v) is 3.26. The van der Waals surface area contributed by atoms with E-state index in [1.54, 1.807) is 0 Å². The summed E-state index contributed by atoms with van der Waals surface area (Å²) in [6.07, 6.45) is -4.74. The minimum Gasteiger partial charge on any atom is -0.406 e. The quantitative estimate of drug-likeness (QED) is 0.771. The monoisotopic (exact) mass is 270 g/mol. The Morgan fingerprint density at radius 2 is 1.57 bits per heavy atom. The molecule has 0 bridgehead atoms. The summed E-state index contributed by atoms with van der Waals surface area (Å²) in [5, 5.41) is 0. The third kappa shape index (κ3) is 2.69. The van der Waals surface area contributed by atoms with E-state index in [4.69, 9.17) is 11.5 Å². The van der Waals surface area contributed by atoms with E-state index < -0.39 is 12.1 Å². The van der Waals surface area contributed by atoms with Crippen molar-refractivity contribution >= 4 is 27.3 Å². The third-order valence-electron chi connectivity index (χ3n) is 1.34. The molecule has 0 saturated heterocycles. The minimum atomic E-state index is -4.74. The van der Waals surface area contributed by atoms with Gasteiger partial charge in [-0.1, -0.05) is 0 Å². The van der Waals surface area contributed by atoms with Crippen molar-refractivity contribution in [2.24, 2.45) is 0 Å². The Morgan fingerprint density at radius 3 is 1.93 bits per heavy atom. The number of hydrogen-bond acceptors (Lipinski definition) is 3. The number of alkyl halides is 3. The van der Waals surface area contributed by atoms with Gasteiger partial charge in [0.05, 0.1) is 15.8 Å². The Morgan fingerprint density at radius 1 is 1.14 bits per heavy atom. The van der Waals surface area contributed by atoms with Crippen molar-refractivity contribution in [1.82, 2.24) is 0 Å². The van der Waals surface area contributed by atoms with Gasteiger partial charge in [0.15, 0.2) is 0 Å². The average Bonchev–Trinajstić information content (AvgIpc) is 1.96. The molecule has 0 atom stereocenters. The van der Waals surface area contributed by atoms with Crippen molar-refractivity contribution in [3.05, 3.63) is 16.6 Å². The first-order valence-electron chi connectivity index (χ1n) is 3.40. The molecular weight excluding hydrogens is 265 g/mol. The molecular formula is C7H6BrF3N2O. The summed E-state index contributed by atoms with van der Waals surface area (Å²) in [4.78, 5) is 0. The zero-order valence-corrected chi connectivity index (χ0v) is 8.32. The van der Waals surface area contributed by atoms with E-state index in [1.165, 1.54) is 0 Å². The molecule has 1 aromatic rings. The van der Waals surface area contributed by atoms with Crippen LogP contribution >= 0.6 is 15.9 Å². The number of halogens is 4. The SMILES string of the molecule is Nc1cc(OC(F)(F)F)cc(N)c1Br. The molecule has 7 heteroatoms. The Bertz CT molecular complexity index is 330. The highest BCUT2D eigenvalue weighted by Gasteiger charge is 2.31. The van der Waals surface area contributed by atoms with Crippen molar-refractivity contribution in [1.29, 1.82) is 0 Å². The number of nitrogens with two attached hydrogens (primary N) is 2. The fourth-order valence-corrected chi connectivity index (χ4v) is 1.06. The van der Waals surface area contributed by atoms with Gasteiger partial charge in [-0.15, -0.1) is 13.2 Å². The normalized spacial score (nSPS) is 11.4. The van der Waals surface area contributed by atoms with Crippen molar-refractivity contribution in [2.45, 2.75) is 6.36 Å². The lowest BCUT2D eigenvalue weighted by Crippen LogP contribution is -2.17. The van der Waals surface area contributed by atoms with E-state index in [-0.39, 0.29) is 11.4 Å². The molecule has 0 unspecified atom stereocenters. The summed E-state index contributed by atoms with van der Waals surface area (Å²) in [5.41, 5.74) is 10.9. The van der Waals surface area contributed by atoms with Gasteiger partial charge in [0, 0.05) is 12.1 Å². The third-order valence-corrected chi connectivity index (χ3v) is 2.25. The van der Waals surface area contributed by atoms with E-state index in [0.29, 0.717) is 4.47 Å². The van der Waals surface area contributed by atoms with Crippen LogP contribution in [0.4, 0.5) is 24.5 Å². The highest BCUT2D eigenvalue weighted by molar-refractivity contribution is 9.10. The van der Waals surface area contributed by atoms with Gasteiger partial charge in [-0.25, -0.2) is 0 Å². The molecule has 0 amide bonds. The van der Waals surface area contributed by atoms with Crippen molar-refractivity contribution in [3.63, 3.8) is 0 Å². The molecule has 1 rings (SSSR count). The van der Waals surface area contributed by atoms with Crippen LogP contribution in [0.5, 0.6) is 5.75 Å². The Balaban J connectivity index is 3.02. The Hall–Kier alpha value is -1.11. The second-order valence-electron chi connectivity index (χ2n) is 2.46. The lowest BCUT2D eigenvalue weighted by Gasteiger charge is -2.11. The highest BCUT2D eigenvalue weighted by atomic mass is 79.9. The molecule has 0 aliphatic carbocycles. The lowest BCUT2D eigenvalue weighted by atomic mass is 10.3. The van der Waals surface area contributed by atoms with Crippen molar-refractivity contribution in [3.8, 4) is 5.75 Å². The van der Waals surface area contributed by atoms with E-state index in [2.05, 4.69) is 20.7 Å². The Kier molecular flexibility index (Phi) is 2.79. The molecule has 14 heavy (non-hydrogen) atoms. The average molecular weight is 271 g/mol. The van der Waals surface area contributed by atoms with E-state index in [9.17, 15) is 13.2 Å². The number of anilines is 2.